The van der Waals surface area contributed by atoms with Crippen LogP contribution in [0.2, 0.25) is 0 Å². The fraction of sp³-hybridized carbons (Fsp3) is 0.733. The topological polar surface area (TPSA) is 44.3 Å². The van der Waals surface area contributed by atoms with Crippen LogP contribution in [0, 0.1) is 5.92 Å². The van der Waals surface area contributed by atoms with E-state index in [9.17, 15) is 0 Å². The summed E-state index contributed by atoms with van der Waals surface area (Å²) in [6.07, 6.45) is 1.13. The lowest BCUT2D eigenvalue weighted by atomic mass is 10.2. The predicted molar refractivity (Wildman–Crippen MR) is 85.0 cm³/mol. The highest BCUT2D eigenvalue weighted by Crippen LogP contribution is 2.08. The Hall–Kier alpha value is -1.20. The van der Waals surface area contributed by atoms with Crippen LogP contribution in [-0.4, -0.2) is 55.9 Å². The molecule has 0 spiro atoms. The monoisotopic (exact) mass is 279 g/mol. The highest BCUT2D eigenvalue weighted by molar-refractivity contribution is 5.35. The van der Waals surface area contributed by atoms with Crippen molar-refractivity contribution in [2.75, 3.05) is 45.7 Å². The van der Waals surface area contributed by atoms with Gasteiger partial charge in [-0.25, -0.2) is 0 Å². The van der Waals surface area contributed by atoms with Gasteiger partial charge in [0.2, 0.25) is 0 Å². The van der Waals surface area contributed by atoms with Gasteiger partial charge < -0.3 is 15.1 Å². The molecular weight excluding hydrogens is 250 g/mol. The highest BCUT2D eigenvalue weighted by atomic mass is 15.2. The zero-order chi connectivity index (χ0) is 15.0. The van der Waals surface area contributed by atoms with E-state index in [2.05, 4.69) is 72.4 Å². The molecule has 0 bridgehead atoms. The number of nitrogens with one attached hydrogen (secondary N) is 1. The Morgan fingerprint density at radius 3 is 2.40 bits per heavy atom. The minimum atomic E-state index is 0.657. The van der Waals surface area contributed by atoms with Crippen molar-refractivity contribution < 1.29 is 0 Å². The molecule has 20 heavy (non-hydrogen) atoms. The third-order valence-electron chi connectivity index (χ3n) is 3.05. The van der Waals surface area contributed by atoms with Crippen molar-refractivity contribution in [2.24, 2.45) is 5.92 Å². The van der Waals surface area contributed by atoms with E-state index in [1.165, 1.54) is 0 Å². The first-order valence-corrected chi connectivity index (χ1v) is 7.38. The van der Waals surface area contributed by atoms with Crippen LogP contribution >= 0.6 is 0 Å². The zero-order valence-electron chi connectivity index (χ0n) is 13.6. The number of anilines is 1. The van der Waals surface area contributed by atoms with Crippen molar-refractivity contribution >= 4 is 5.82 Å². The van der Waals surface area contributed by atoms with Crippen LogP contribution in [0.1, 0.15) is 26.0 Å². The van der Waals surface area contributed by atoms with E-state index in [4.69, 9.17) is 0 Å². The van der Waals surface area contributed by atoms with Crippen LogP contribution in [0.3, 0.4) is 0 Å². The number of nitrogens with zero attached hydrogens (tertiary/aromatic N) is 4. The predicted octanol–water partition coefficient (Wildman–Crippen LogP) is 1.61. The van der Waals surface area contributed by atoms with Gasteiger partial charge in [0.05, 0.1) is 5.69 Å². The van der Waals surface area contributed by atoms with E-state index in [0.717, 1.165) is 44.1 Å². The SMILES string of the molecule is CC(C)CNCc1ccc(N(C)CCCN(C)C)nn1. The van der Waals surface area contributed by atoms with E-state index in [0.29, 0.717) is 5.92 Å². The van der Waals surface area contributed by atoms with Crippen LogP contribution in [-0.2, 0) is 6.54 Å². The third kappa shape index (κ3) is 6.82. The largest absolute Gasteiger partial charge is 0.358 e. The molecule has 0 unspecified atom stereocenters. The molecule has 0 aliphatic heterocycles. The molecule has 1 rings (SSSR count). The third-order valence-corrected chi connectivity index (χ3v) is 3.05. The molecule has 0 fully saturated rings. The molecule has 1 N–H and O–H groups in total. The first-order chi connectivity index (χ1) is 9.49. The lowest BCUT2D eigenvalue weighted by Crippen LogP contribution is -2.24. The van der Waals surface area contributed by atoms with Gasteiger partial charge in [-0.05, 0) is 51.7 Å². The molecule has 0 radical (unpaired) electrons. The summed E-state index contributed by atoms with van der Waals surface area (Å²) < 4.78 is 0. The molecule has 0 saturated heterocycles. The van der Waals surface area contributed by atoms with E-state index < -0.39 is 0 Å². The van der Waals surface area contributed by atoms with Crippen molar-refractivity contribution in [2.45, 2.75) is 26.8 Å². The van der Waals surface area contributed by atoms with Gasteiger partial charge in [-0.3, -0.25) is 0 Å². The van der Waals surface area contributed by atoms with E-state index >= 15 is 0 Å². The van der Waals surface area contributed by atoms with Crippen LogP contribution in [0.5, 0.6) is 0 Å². The van der Waals surface area contributed by atoms with Crippen molar-refractivity contribution in [1.29, 1.82) is 0 Å². The number of aromatic nitrogens is 2. The average Bonchev–Trinajstić information content (AvgIpc) is 2.38. The maximum atomic E-state index is 4.30. The van der Waals surface area contributed by atoms with E-state index in [1.54, 1.807) is 0 Å². The van der Waals surface area contributed by atoms with Gasteiger partial charge >= 0.3 is 0 Å². The minimum absolute atomic E-state index is 0.657. The molecular formula is C15H29N5. The molecule has 1 heterocycles. The van der Waals surface area contributed by atoms with Gasteiger partial charge in [0.15, 0.2) is 5.82 Å². The maximum Gasteiger partial charge on any atom is 0.150 e. The van der Waals surface area contributed by atoms with Gasteiger partial charge in [0.1, 0.15) is 0 Å². The smallest absolute Gasteiger partial charge is 0.150 e. The second-order valence-electron chi connectivity index (χ2n) is 5.99. The van der Waals surface area contributed by atoms with Gasteiger partial charge in [0.25, 0.3) is 0 Å². The molecule has 5 nitrogen and oxygen atoms in total. The Morgan fingerprint density at radius 2 is 1.85 bits per heavy atom. The summed E-state index contributed by atoms with van der Waals surface area (Å²) in [5, 5.41) is 11.9. The van der Waals surface area contributed by atoms with Crippen LogP contribution in [0.4, 0.5) is 5.82 Å². The van der Waals surface area contributed by atoms with E-state index in [-0.39, 0.29) is 0 Å². The molecule has 1 aromatic heterocycles. The molecule has 114 valence electrons. The fourth-order valence-electron chi connectivity index (χ4n) is 1.88. The van der Waals surface area contributed by atoms with Crippen LogP contribution in [0.15, 0.2) is 12.1 Å². The summed E-state index contributed by atoms with van der Waals surface area (Å²) in [5.41, 5.74) is 0.996. The molecule has 5 heteroatoms. The Kier molecular flexibility index (Phi) is 7.47. The summed E-state index contributed by atoms with van der Waals surface area (Å²) in [5.74, 6) is 1.60. The van der Waals surface area contributed by atoms with Crippen molar-refractivity contribution in [3.05, 3.63) is 17.8 Å². The minimum Gasteiger partial charge on any atom is -0.358 e. The van der Waals surface area contributed by atoms with Gasteiger partial charge in [-0.1, -0.05) is 13.8 Å². The van der Waals surface area contributed by atoms with Crippen molar-refractivity contribution in [1.82, 2.24) is 20.4 Å². The number of rotatable bonds is 9. The first-order valence-electron chi connectivity index (χ1n) is 7.38. The molecule has 0 atom stereocenters. The number of hydrogen-bond acceptors (Lipinski definition) is 5. The normalized spacial score (nSPS) is 11.3. The standard InChI is InChI=1S/C15H29N5/c1-13(2)11-16-12-14-7-8-15(18-17-14)20(5)10-6-9-19(3)4/h7-8,13,16H,6,9-12H2,1-5H3. The lowest BCUT2D eigenvalue weighted by Gasteiger charge is -2.19. The maximum absolute atomic E-state index is 4.30. The summed E-state index contributed by atoms with van der Waals surface area (Å²) >= 11 is 0. The number of hydrogen-bond donors (Lipinski definition) is 1. The average molecular weight is 279 g/mol. The quantitative estimate of drug-likeness (QED) is 0.744. The molecule has 0 aliphatic carbocycles. The zero-order valence-corrected chi connectivity index (χ0v) is 13.6. The second kappa shape index (κ2) is 8.87. The lowest BCUT2D eigenvalue weighted by molar-refractivity contribution is 0.401. The highest BCUT2D eigenvalue weighted by Gasteiger charge is 2.04. The van der Waals surface area contributed by atoms with Crippen molar-refractivity contribution in [3.8, 4) is 0 Å². The summed E-state index contributed by atoms with van der Waals surface area (Å²) in [4.78, 5) is 4.35. The Bertz CT molecular complexity index is 361. The molecule has 1 aromatic rings. The molecule has 0 amide bonds. The summed E-state index contributed by atoms with van der Waals surface area (Å²) in [7, 11) is 6.26. The summed E-state index contributed by atoms with van der Waals surface area (Å²) in [6.45, 7) is 8.28. The Labute approximate surface area is 123 Å². The summed E-state index contributed by atoms with van der Waals surface area (Å²) in [6, 6.07) is 4.10. The van der Waals surface area contributed by atoms with Crippen molar-refractivity contribution in [3.63, 3.8) is 0 Å². The second-order valence-corrected chi connectivity index (χ2v) is 5.99. The Morgan fingerprint density at radius 1 is 1.10 bits per heavy atom. The molecule has 0 aromatic carbocycles. The van der Waals surface area contributed by atoms with Crippen LogP contribution in [0.25, 0.3) is 0 Å². The molecule has 0 aliphatic rings. The van der Waals surface area contributed by atoms with Crippen LogP contribution < -0.4 is 10.2 Å². The van der Waals surface area contributed by atoms with E-state index in [1.807, 2.05) is 0 Å². The van der Waals surface area contributed by atoms with Gasteiger partial charge in [-0.2, -0.15) is 5.10 Å². The molecule has 0 saturated carbocycles. The Balaban J connectivity index is 2.37. The fourth-order valence-corrected chi connectivity index (χ4v) is 1.88. The first kappa shape index (κ1) is 16.9. The van der Waals surface area contributed by atoms with Gasteiger partial charge in [-0.15, -0.1) is 5.10 Å². The van der Waals surface area contributed by atoms with Gasteiger partial charge in [0, 0.05) is 20.1 Å².